The smallest absolute Gasteiger partial charge is 0.213 e. The summed E-state index contributed by atoms with van der Waals surface area (Å²) in [5.74, 6) is 0.960. The number of hydrogen-bond donors (Lipinski definition) is 0. The van der Waals surface area contributed by atoms with Crippen LogP contribution in [0.15, 0.2) is 75.6 Å². The zero-order valence-corrected chi connectivity index (χ0v) is 15.7. The number of hydrogen-bond acceptors (Lipinski definition) is 4. The highest BCUT2D eigenvalue weighted by Gasteiger charge is 2.40. The van der Waals surface area contributed by atoms with E-state index in [9.17, 15) is 0 Å². The van der Waals surface area contributed by atoms with E-state index in [1.54, 1.807) is 11.3 Å². The molecule has 5 heteroatoms. The van der Waals surface area contributed by atoms with Crippen molar-refractivity contribution in [3.63, 3.8) is 0 Å². The molecule has 0 fully saturated rings. The molecule has 0 saturated heterocycles. The van der Waals surface area contributed by atoms with Crippen LogP contribution in [-0.4, -0.2) is 10.7 Å². The Kier molecular flexibility index (Phi) is 3.64. The quantitative estimate of drug-likeness (QED) is 0.536. The van der Waals surface area contributed by atoms with Crippen molar-refractivity contribution in [2.45, 2.75) is 18.7 Å². The third-order valence-corrected chi connectivity index (χ3v) is 6.31. The van der Waals surface area contributed by atoms with Crippen LogP contribution in [0.5, 0.6) is 5.75 Å². The summed E-state index contributed by atoms with van der Waals surface area (Å²) in [7, 11) is 0. The number of benzene rings is 2. The van der Waals surface area contributed by atoms with E-state index in [-0.39, 0.29) is 12.3 Å². The van der Waals surface area contributed by atoms with Gasteiger partial charge in [-0.15, -0.1) is 11.3 Å². The van der Waals surface area contributed by atoms with Gasteiger partial charge in [0.25, 0.3) is 0 Å². The molecule has 5 rings (SSSR count). The van der Waals surface area contributed by atoms with E-state index < -0.39 is 0 Å². The third-order valence-electron chi connectivity index (χ3n) is 4.64. The Hall–Kier alpha value is -2.11. The topological polar surface area (TPSA) is 24.8 Å². The van der Waals surface area contributed by atoms with Crippen LogP contribution in [0.4, 0.5) is 0 Å². The van der Waals surface area contributed by atoms with Gasteiger partial charge in [0.2, 0.25) is 6.23 Å². The molecule has 2 aliphatic rings. The molecule has 0 unspecified atom stereocenters. The molecular formula is C20H15BrN2OS. The fraction of sp³-hybridized carbons (Fsp3) is 0.150. The van der Waals surface area contributed by atoms with Crippen LogP contribution >= 0.6 is 27.3 Å². The minimum absolute atomic E-state index is 0.193. The second-order valence-electron chi connectivity index (χ2n) is 6.17. The molecule has 0 saturated carbocycles. The molecule has 3 nitrogen and oxygen atoms in total. The molecule has 2 atom stereocenters. The fourth-order valence-corrected chi connectivity index (χ4v) is 4.87. The van der Waals surface area contributed by atoms with E-state index in [1.165, 1.54) is 10.4 Å². The van der Waals surface area contributed by atoms with Crippen LogP contribution in [0.25, 0.3) is 0 Å². The second kappa shape index (κ2) is 6.00. The highest BCUT2D eigenvalue weighted by Crippen LogP contribution is 2.47. The maximum Gasteiger partial charge on any atom is 0.213 e. The van der Waals surface area contributed by atoms with Gasteiger partial charge in [0.05, 0.1) is 20.4 Å². The van der Waals surface area contributed by atoms with Crippen molar-refractivity contribution in [2.24, 2.45) is 5.10 Å². The van der Waals surface area contributed by atoms with E-state index in [4.69, 9.17) is 9.84 Å². The van der Waals surface area contributed by atoms with E-state index in [2.05, 4.69) is 63.4 Å². The second-order valence-corrected chi connectivity index (χ2v) is 8.63. The molecule has 2 aromatic carbocycles. The average Bonchev–Trinajstić information content (AvgIpc) is 3.28. The molecule has 2 aliphatic heterocycles. The molecule has 0 radical (unpaired) electrons. The maximum absolute atomic E-state index is 6.33. The Morgan fingerprint density at radius 1 is 1.00 bits per heavy atom. The van der Waals surface area contributed by atoms with Crippen LogP contribution in [0.3, 0.4) is 0 Å². The van der Waals surface area contributed by atoms with Gasteiger partial charge in [0.1, 0.15) is 5.75 Å². The minimum Gasteiger partial charge on any atom is -0.464 e. The van der Waals surface area contributed by atoms with Crippen molar-refractivity contribution in [1.29, 1.82) is 0 Å². The Bertz CT molecular complexity index is 953. The number of halogens is 1. The Morgan fingerprint density at radius 3 is 2.60 bits per heavy atom. The molecule has 1 aromatic heterocycles. The first-order valence-electron chi connectivity index (χ1n) is 8.21. The maximum atomic E-state index is 6.33. The first kappa shape index (κ1) is 15.2. The fourth-order valence-electron chi connectivity index (χ4n) is 3.49. The van der Waals surface area contributed by atoms with E-state index in [0.29, 0.717) is 0 Å². The standard InChI is InChI=1S/C20H15BrN2OS/c21-19-11-10-18(25-19)15-12-16-14-8-4-5-9-17(14)24-20(23(16)22-15)13-6-2-1-3-7-13/h1-11,16,20H,12H2/t16-,20+/m1/s1. The van der Waals surface area contributed by atoms with Gasteiger partial charge in [-0.3, -0.25) is 0 Å². The van der Waals surface area contributed by atoms with Gasteiger partial charge in [-0.25, -0.2) is 5.01 Å². The van der Waals surface area contributed by atoms with Crippen LogP contribution < -0.4 is 4.74 Å². The molecule has 0 bridgehead atoms. The van der Waals surface area contributed by atoms with Crippen molar-refractivity contribution in [3.8, 4) is 5.75 Å². The first-order chi connectivity index (χ1) is 12.3. The summed E-state index contributed by atoms with van der Waals surface area (Å²) in [5.41, 5.74) is 3.46. The van der Waals surface area contributed by atoms with Crippen molar-refractivity contribution < 1.29 is 4.74 Å². The molecule has 0 aliphatic carbocycles. The van der Waals surface area contributed by atoms with E-state index in [1.807, 2.05) is 24.3 Å². The Morgan fingerprint density at radius 2 is 1.80 bits per heavy atom. The number of rotatable bonds is 2. The van der Waals surface area contributed by atoms with Gasteiger partial charge in [0, 0.05) is 17.5 Å². The Labute approximate surface area is 158 Å². The number of hydrazone groups is 1. The lowest BCUT2D eigenvalue weighted by molar-refractivity contribution is -0.0190. The van der Waals surface area contributed by atoms with Gasteiger partial charge in [-0.1, -0.05) is 48.5 Å². The van der Waals surface area contributed by atoms with Crippen LogP contribution in [0, 0.1) is 0 Å². The summed E-state index contributed by atoms with van der Waals surface area (Å²) in [6, 6.07) is 23.1. The average molecular weight is 411 g/mol. The zero-order valence-electron chi connectivity index (χ0n) is 13.3. The lowest BCUT2D eigenvalue weighted by Gasteiger charge is -2.38. The number of fused-ring (bicyclic) bond motifs is 3. The van der Waals surface area contributed by atoms with Crippen molar-refractivity contribution >= 4 is 33.0 Å². The van der Waals surface area contributed by atoms with E-state index in [0.717, 1.165) is 27.2 Å². The summed E-state index contributed by atoms with van der Waals surface area (Å²) in [5, 5.41) is 7.09. The van der Waals surface area contributed by atoms with Crippen LogP contribution in [-0.2, 0) is 0 Å². The molecule has 25 heavy (non-hydrogen) atoms. The number of para-hydroxylation sites is 1. The third kappa shape index (κ3) is 2.58. The first-order valence-corrected chi connectivity index (χ1v) is 9.82. The SMILES string of the molecule is Brc1ccc(C2=NN3[C@H](C2)c2ccccc2O[C@H]3c2ccccc2)s1. The molecule has 0 spiro atoms. The number of thiophene rings is 1. The molecule has 0 amide bonds. The predicted octanol–water partition coefficient (Wildman–Crippen LogP) is 5.75. The van der Waals surface area contributed by atoms with Crippen molar-refractivity contribution in [1.82, 2.24) is 5.01 Å². The van der Waals surface area contributed by atoms with Gasteiger partial charge < -0.3 is 4.74 Å². The molecular weight excluding hydrogens is 396 g/mol. The highest BCUT2D eigenvalue weighted by atomic mass is 79.9. The number of ether oxygens (including phenoxy) is 1. The molecule has 3 heterocycles. The van der Waals surface area contributed by atoms with Crippen molar-refractivity contribution in [3.05, 3.63) is 86.5 Å². The van der Waals surface area contributed by atoms with Gasteiger partial charge in [0.15, 0.2) is 0 Å². The molecule has 0 N–H and O–H groups in total. The monoisotopic (exact) mass is 410 g/mol. The lowest BCUT2D eigenvalue weighted by Crippen LogP contribution is -2.33. The summed E-state index contributed by atoms with van der Waals surface area (Å²) < 4.78 is 7.47. The van der Waals surface area contributed by atoms with Crippen LogP contribution in [0.2, 0.25) is 0 Å². The van der Waals surface area contributed by atoms with E-state index >= 15 is 0 Å². The molecule has 124 valence electrons. The van der Waals surface area contributed by atoms with Gasteiger partial charge >= 0.3 is 0 Å². The van der Waals surface area contributed by atoms with Gasteiger partial charge in [-0.05, 0) is 34.1 Å². The summed E-state index contributed by atoms with van der Waals surface area (Å²) >= 11 is 5.28. The minimum atomic E-state index is -0.193. The Balaban J connectivity index is 1.60. The zero-order chi connectivity index (χ0) is 16.8. The van der Waals surface area contributed by atoms with Crippen LogP contribution in [0.1, 0.15) is 34.7 Å². The summed E-state index contributed by atoms with van der Waals surface area (Å²) in [4.78, 5) is 1.21. The predicted molar refractivity (Wildman–Crippen MR) is 104 cm³/mol. The number of nitrogens with zero attached hydrogens (tertiary/aromatic N) is 2. The lowest BCUT2D eigenvalue weighted by atomic mass is 9.98. The molecule has 3 aromatic rings. The highest BCUT2D eigenvalue weighted by molar-refractivity contribution is 9.11. The summed E-state index contributed by atoms with van der Waals surface area (Å²) in [6.07, 6.45) is 0.707. The largest absolute Gasteiger partial charge is 0.464 e. The van der Waals surface area contributed by atoms with Gasteiger partial charge in [-0.2, -0.15) is 5.10 Å². The van der Waals surface area contributed by atoms with Crippen molar-refractivity contribution in [2.75, 3.05) is 0 Å². The summed E-state index contributed by atoms with van der Waals surface area (Å²) in [6.45, 7) is 0. The normalized spacial score (nSPS) is 21.3.